The van der Waals surface area contributed by atoms with Crippen LogP contribution in [0.1, 0.15) is 39.3 Å². The van der Waals surface area contributed by atoms with E-state index in [2.05, 4.69) is 42.1 Å². The van der Waals surface area contributed by atoms with Crippen molar-refractivity contribution in [2.24, 2.45) is 0 Å². The van der Waals surface area contributed by atoms with Crippen LogP contribution in [0.5, 0.6) is 0 Å². The van der Waals surface area contributed by atoms with Crippen molar-refractivity contribution in [2.45, 2.75) is 51.2 Å². The number of nitrogens with zero attached hydrogens (tertiary/aromatic N) is 2. The number of thioether (sulfide) groups is 1. The minimum Gasteiger partial charge on any atom is -0.309 e. The summed E-state index contributed by atoms with van der Waals surface area (Å²) in [5.41, 5.74) is 1.31. The fourth-order valence-corrected chi connectivity index (χ4v) is 3.61. The van der Waals surface area contributed by atoms with E-state index < -0.39 is 0 Å². The van der Waals surface area contributed by atoms with Gasteiger partial charge in [0, 0.05) is 24.2 Å². The summed E-state index contributed by atoms with van der Waals surface area (Å²) >= 11 is 3.59. The smallest absolute Gasteiger partial charge is 0.194 e. The first-order valence-corrected chi connectivity index (χ1v) is 8.39. The number of fused-ring (bicyclic) bond motifs is 1. The molecule has 0 unspecified atom stereocenters. The molecule has 5 heteroatoms. The fourth-order valence-electron chi connectivity index (χ4n) is 1.70. The standard InChI is InChI=1S/C13H21N3S2/c1-4-5-7-17-12-11(9-14-10(2)3)16-6-8-18-13(16)15-12/h6,8,10,14H,4-5,7,9H2,1-3H3. The van der Waals surface area contributed by atoms with Gasteiger partial charge in [-0.2, -0.15) is 0 Å². The Kier molecular flexibility index (Phi) is 5.09. The lowest BCUT2D eigenvalue weighted by atomic mass is 10.3. The van der Waals surface area contributed by atoms with Gasteiger partial charge in [-0.25, -0.2) is 4.98 Å². The molecule has 0 aromatic carbocycles. The second kappa shape index (κ2) is 6.59. The second-order valence-corrected chi connectivity index (χ2v) is 6.61. The van der Waals surface area contributed by atoms with Crippen molar-refractivity contribution in [1.29, 1.82) is 0 Å². The number of imidazole rings is 1. The molecule has 0 spiro atoms. The van der Waals surface area contributed by atoms with Crippen LogP contribution in [0, 0.1) is 0 Å². The van der Waals surface area contributed by atoms with E-state index in [0.29, 0.717) is 6.04 Å². The molecule has 3 nitrogen and oxygen atoms in total. The van der Waals surface area contributed by atoms with Crippen molar-refractivity contribution >= 4 is 28.1 Å². The third-order valence-corrected chi connectivity index (χ3v) is 4.59. The first-order valence-electron chi connectivity index (χ1n) is 6.53. The van der Waals surface area contributed by atoms with Gasteiger partial charge < -0.3 is 5.32 Å². The van der Waals surface area contributed by atoms with Gasteiger partial charge in [0.15, 0.2) is 4.96 Å². The lowest BCUT2D eigenvalue weighted by molar-refractivity contribution is 0.574. The molecule has 2 aromatic heterocycles. The monoisotopic (exact) mass is 283 g/mol. The molecule has 0 saturated heterocycles. The molecule has 0 amide bonds. The quantitative estimate of drug-likeness (QED) is 0.619. The van der Waals surface area contributed by atoms with Crippen LogP contribution in [0.3, 0.4) is 0 Å². The zero-order valence-electron chi connectivity index (χ0n) is 11.3. The third-order valence-electron chi connectivity index (χ3n) is 2.74. The predicted octanol–water partition coefficient (Wildman–Crippen LogP) is 3.79. The number of rotatable bonds is 7. The van der Waals surface area contributed by atoms with Gasteiger partial charge in [0.2, 0.25) is 0 Å². The predicted molar refractivity (Wildman–Crippen MR) is 80.7 cm³/mol. The Labute approximate surface area is 117 Å². The Hall–Kier alpha value is -0.520. The Morgan fingerprint density at radius 3 is 3.06 bits per heavy atom. The summed E-state index contributed by atoms with van der Waals surface area (Å²) in [7, 11) is 0. The Morgan fingerprint density at radius 1 is 1.50 bits per heavy atom. The Bertz CT molecular complexity index is 487. The van der Waals surface area contributed by atoms with Gasteiger partial charge >= 0.3 is 0 Å². The maximum atomic E-state index is 4.73. The zero-order valence-corrected chi connectivity index (χ0v) is 12.9. The molecule has 0 radical (unpaired) electrons. The van der Waals surface area contributed by atoms with E-state index in [-0.39, 0.29) is 0 Å². The van der Waals surface area contributed by atoms with Crippen molar-refractivity contribution in [3.8, 4) is 0 Å². The van der Waals surface area contributed by atoms with Crippen LogP contribution >= 0.6 is 23.1 Å². The molecule has 0 bridgehead atoms. The van der Waals surface area contributed by atoms with E-state index in [4.69, 9.17) is 4.98 Å². The number of unbranched alkanes of at least 4 members (excludes halogenated alkanes) is 1. The molecule has 18 heavy (non-hydrogen) atoms. The zero-order chi connectivity index (χ0) is 13.0. The fraction of sp³-hybridized carbons (Fsp3) is 0.615. The second-order valence-electron chi connectivity index (χ2n) is 4.66. The van der Waals surface area contributed by atoms with E-state index in [9.17, 15) is 0 Å². The lowest BCUT2D eigenvalue weighted by Gasteiger charge is -2.08. The largest absolute Gasteiger partial charge is 0.309 e. The molecule has 0 aliphatic rings. The highest BCUT2D eigenvalue weighted by Gasteiger charge is 2.13. The molecule has 100 valence electrons. The van der Waals surface area contributed by atoms with Gasteiger partial charge in [-0.05, 0) is 12.2 Å². The van der Waals surface area contributed by atoms with E-state index in [0.717, 1.165) is 17.3 Å². The maximum absolute atomic E-state index is 4.73. The number of hydrogen-bond acceptors (Lipinski definition) is 4. The van der Waals surface area contributed by atoms with Gasteiger partial charge in [0.05, 0.1) is 5.69 Å². The van der Waals surface area contributed by atoms with Crippen molar-refractivity contribution in [3.63, 3.8) is 0 Å². The summed E-state index contributed by atoms with van der Waals surface area (Å²) in [6.07, 6.45) is 4.62. The number of thiazole rings is 1. The summed E-state index contributed by atoms with van der Waals surface area (Å²) in [5.74, 6) is 1.16. The topological polar surface area (TPSA) is 29.3 Å². The molecular formula is C13H21N3S2. The van der Waals surface area contributed by atoms with Gasteiger partial charge in [0.25, 0.3) is 0 Å². The lowest BCUT2D eigenvalue weighted by Crippen LogP contribution is -2.22. The molecule has 0 saturated carbocycles. The summed E-state index contributed by atoms with van der Waals surface area (Å²) in [4.78, 5) is 5.83. The average Bonchev–Trinajstić information content (AvgIpc) is 2.87. The van der Waals surface area contributed by atoms with E-state index in [1.807, 2.05) is 11.8 Å². The number of aromatic nitrogens is 2. The Balaban J connectivity index is 2.15. The van der Waals surface area contributed by atoms with Crippen LogP contribution in [0.25, 0.3) is 4.96 Å². The van der Waals surface area contributed by atoms with Gasteiger partial charge in [-0.3, -0.25) is 4.40 Å². The molecule has 0 atom stereocenters. The first-order chi connectivity index (χ1) is 8.72. The number of nitrogens with one attached hydrogen (secondary N) is 1. The van der Waals surface area contributed by atoms with Gasteiger partial charge in [0.1, 0.15) is 5.03 Å². The maximum Gasteiger partial charge on any atom is 0.194 e. The third kappa shape index (κ3) is 3.28. The molecule has 1 N–H and O–H groups in total. The number of hydrogen-bond donors (Lipinski definition) is 1. The molecule has 2 heterocycles. The van der Waals surface area contributed by atoms with Crippen LogP contribution in [-0.2, 0) is 6.54 Å². The summed E-state index contributed by atoms with van der Waals surface area (Å²) in [6, 6.07) is 0.502. The molecule has 0 aliphatic heterocycles. The van der Waals surface area contributed by atoms with Crippen LogP contribution < -0.4 is 5.32 Å². The molecule has 0 fully saturated rings. The summed E-state index contributed by atoms with van der Waals surface area (Å²) in [5, 5.41) is 6.79. The summed E-state index contributed by atoms with van der Waals surface area (Å²) in [6.45, 7) is 7.48. The normalized spacial score (nSPS) is 11.8. The van der Waals surface area contributed by atoms with E-state index >= 15 is 0 Å². The van der Waals surface area contributed by atoms with Gasteiger partial charge in [-0.15, -0.1) is 23.1 Å². The molecular weight excluding hydrogens is 262 g/mol. The van der Waals surface area contributed by atoms with Crippen LogP contribution in [0.15, 0.2) is 16.6 Å². The van der Waals surface area contributed by atoms with Crippen molar-refractivity contribution < 1.29 is 0 Å². The summed E-state index contributed by atoms with van der Waals surface area (Å²) < 4.78 is 2.22. The molecule has 2 rings (SSSR count). The molecule has 0 aliphatic carbocycles. The van der Waals surface area contributed by atoms with Crippen LogP contribution in [-0.4, -0.2) is 21.2 Å². The minimum absolute atomic E-state index is 0.502. The van der Waals surface area contributed by atoms with E-state index in [1.54, 1.807) is 11.3 Å². The van der Waals surface area contributed by atoms with Crippen molar-refractivity contribution in [1.82, 2.24) is 14.7 Å². The van der Waals surface area contributed by atoms with E-state index in [1.165, 1.54) is 23.6 Å². The van der Waals surface area contributed by atoms with Crippen molar-refractivity contribution in [3.05, 3.63) is 17.3 Å². The minimum atomic E-state index is 0.502. The van der Waals surface area contributed by atoms with Crippen molar-refractivity contribution in [2.75, 3.05) is 5.75 Å². The molecule has 2 aromatic rings. The van der Waals surface area contributed by atoms with Crippen LogP contribution in [0.2, 0.25) is 0 Å². The SMILES string of the molecule is CCCCSc1nc2sccn2c1CNC(C)C. The Morgan fingerprint density at radius 2 is 2.33 bits per heavy atom. The first kappa shape index (κ1) is 13.9. The van der Waals surface area contributed by atoms with Gasteiger partial charge in [-0.1, -0.05) is 27.2 Å². The highest BCUT2D eigenvalue weighted by Crippen LogP contribution is 2.26. The highest BCUT2D eigenvalue weighted by atomic mass is 32.2. The van der Waals surface area contributed by atoms with Crippen LogP contribution in [0.4, 0.5) is 0 Å². The highest BCUT2D eigenvalue weighted by molar-refractivity contribution is 7.99. The average molecular weight is 283 g/mol.